The van der Waals surface area contributed by atoms with Gasteiger partial charge in [-0.25, -0.2) is 8.42 Å². The fraction of sp³-hybridized carbons (Fsp3) is 0.310. The Morgan fingerprint density at radius 3 is 2.08 bits per heavy atom. The lowest BCUT2D eigenvalue weighted by atomic mass is 10.1. The van der Waals surface area contributed by atoms with Crippen LogP contribution < -0.4 is 9.62 Å². The summed E-state index contributed by atoms with van der Waals surface area (Å²) in [6.07, 6.45) is 0.725. The molecule has 7 nitrogen and oxygen atoms in total. The molecule has 208 valence electrons. The maximum atomic E-state index is 13.9. The minimum atomic E-state index is -4.21. The van der Waals surface area contributed by atoms with E-state index in [2.05, 4.69) is 5.32 Å². The van der Waals surface area contributed by atoms with Crippen molar-refractivity contribution >= 4 is 50.7 Å². The Morgan fingerprint density at radius 1 is 0.923 bits per heavy atom. The first-order valence-corrected chi connectivity index (χ1v) is 14.8. The summed E-state index contributed by atoms with van der Waals surface area (Å²) in [5.74, 6) is -0.884. The fourth-order valence-corrected chi connectivity index (χ4v) is 5.79. The molecule has 0 saturated carbocycles. The minimum absolute atomic E-state index is 0.00849. The third kappa shape index (κ3) is 7.97. The van der Waals surface area contributed by atoms with Crippen molar-refractivity contribution in [2.45, 2.75) is 57.6 Å². The first-order chi connectivity index (χ1) is 18.4. The summed E-state index contributed by atoms with van der Waals surface area (Å²) >= 11 is 12.4. The molecule has 0 aromatic heterocycles. The lowest BCUT2D eigenvalue weighted by Gasteiger charge is -2.32. The van der Waals surface area contributed by atoms with Gasteiger partial charge in [0.25, 0.3) is 10.0 Å². The van der Waals surface area contributed by atoms with Crippen molar-refractivity contribution < 1.29 is 18.0 Å². The number of hydrogen-bond acceptors (Lipinski definition) is 4. The molecule has 3 rings (SSSR count). The normalized spacial score (nSPS) is 12.9. The first kappa shape index (κ1) is 30.5. The highest BCUT2D eigenvalue weighted by atomic mass is 35.5. The number of carbonyl (C=O) groups is 2. The van der Waals surface area contributed by atoms with Gasteiger partial charge in [0.05, 0.1) is 10.6 Å². The molecule has 3 aromatic carbocycles. The van der Waals surface area contributed by atoms with Crippen molar-refractivity contribution in [3.05, 3.63) is 94.0 Å². The largest absolute Gasteiger partial charge is 0.352 e. The first-order valence-electron chi connectivity index (χ1n) is 12.6. The molecule has 0 saturated heterocycles. The third-order valence-electron chi connectivity index (χ3n) is 6.39. The molecule has 0 bridgehead atoms. The van der Waals surface area contributed by atoms with Crippen LogP contribution in [0.15, 0.2) is 77.7 Å². The second kappa shape index (κ2) is 13.3. The van der Waals surface area contributed by atoms with Crippen molar-refractivity contribution in [3.8, 4) is 0 Å². The maximum absolute atomic E-state index is 13.9. The van der Waals surface area contributed by atoms with Gasteiger partial charge in [0, 0.05) is 22.6 Å². The van der Waals surface area contributed by atoms with Crippen molar-refractivity contribution in [1.29, 1.82) is 0 Å². The van der Waals surface area contributed by atoms with Crippen LogP contribution in [0.1, 0.15) is 38.3 Å². The number of benzene rings is 3. The van der Waals surface area contributed by atoms with Crippen LogP contribution >= 0.6 is 23.2 Å². The van der Waals surface area contributed by atoms with E-state index in [-0.39, 0.29) is 39.1 Å². The van der Waals surface area contributed by atoms with E-state index < -0.39 is 28.5 Å². The molecular weight excluding hydrogens is 557 g/mol. The SMILES string of the molecule is CC[C@H](C)NC(=O)[C@H](C)N(Cc1ccccc1)C(=O)CN(c1cc(Cl)cc(Cl)c1)S(=O)(=O)c1ccc(C)cc1. The smallest absolute Gasteiger partial charge is 0.264 e. The van der Waals surface area contributed by atoms with Gasteiger partial charge in [0.1, 0.15) is 12.6 Å². The Balaban J connectivity index is 2.04. The van der Waals surface area contributed by atoms with E-state index in [1.165, 1.54) is 35.2 Å². The number of hydrogen-bond donors (Lipinski definition) is 1. The van der Waals surface area contributed by atoms with Crippen molar-refractivity contribution in [3.63, 3.8) is 0 Å². The van der Waals surface area contributed by atoms with Crippen LogP contribution in [0.4, 0.5) is 5.69 Å². The second-order valence-electron chi connectivity index (χ2n) is 9.45. The number of amides is 2. The third-order valence-corrected chi connectivity index (χ3v) is 8.61. The Hall–Kier alpha value is -3.07. The molecule has 0 aliphatic rings. The van der Waals surface area contributed by atoms with Gasteiger partial charge in [-0.05, 0) is 63.1 Å². The molecule has 0 fully saturated rings. The van der Waals surface area contributed by atoms with Crippen LogP contribution in [0, 0.1) is 6.92 Å². The quantitative estimate of drug-likeness (QED) is 0.305. The van der Waals surface area contributed by atoms with E-state index in [0.29, 0.717) is 0 Å². The van der Waals surface area contributed by atoms with Gasteiger partial charge in [0.2, 0.25) is 11.8 Å². The van der Waals surface area contributed by atoms with E-state index in [1.807, 2.05) is 51.1 Å². The Morgan fingerprint density at radius 2 is 1.51 bits per heavy atom. The molecule has 1 N–H and O–H groups in total. The van der Waals surface area contributed by atoms with Crippen molar-refractivity contribution in [1.82, 2.24) is 10.2 Å². The molecule has 0 aliphatic heterocycles. The van der Waals surface area contributed by atoms with Gasteiger partial charge in [-0.1, -0.05) is 78.2 Å². The van der Waals surface area contributed by atoms with E-state index in [1.54, 1.807) is 19.1 Å². The number of rotatable bonds is 11. The van der Waals surface area contributed by atoms with Crippen LogP contribution in [0.25, 0.3) is 0 Å². The van der Waals surface area contributed by atoms with E-state index in [9.17, 15) is 18.0 Å². The van der Waals surface area contributed by atoms with E-state index >= 15 is 0 Å². The van der Waals surface area contributed by atoms with Crippen LogP contribution in [0.3, 0.4) is 0 Å². The average Bonchev–Trinajstić information content (AvgIpc) is 2.89. The Kier molecular flexibility index (Phi) is 10.4. The van der Waals surface area contributed by atoms with Crippen LogP contribution in [-0.4, -0.2) is 43.8 Å². The Labute approximate surface area is 240 Å². The molecule has 2 atom stereocenters. The highest BCUT2D eigenvalue weighted by molar-refractivity contribution is 7.92. The number of aryl methyl sites for hydroxylation is 1. The summed E-state index contributed by atoms with van der Waals surface area (Å²) in [5, 5.41) is 3.35. The van der Waals surface area contributed by atoms with E-state index in [4.69, 9.17) is 23.2 Å². The average molecular weight is 591 g/mol. The summed E-state index contributed by atoms with van der Waals surface area (Å²) in [5.41, 5.74) is 1.82. The number of sulfonamides is 1. The highest BCUT2D eigenvalue weighted by Gasteiger charge is 2.33. The van der Waals surface area contributed by atoms with Crippen molar-refractivity contribution in [2.75, 3.05) is 10.8 Å². The summed E-state index contributed by atoms with van der Waals surface area (Å²) in [4.78, 5) is 28.4. The predicted octanol–water partition coefficient (Wildman–Crippen LogP) is 5.83. The summed E-state index contributed by atoms with van der Waals surface area (Å²) < 4.78 is 28.7. The van der Waals surface area contributed by atoms with Gasteiger partial charge in [-0.2, -0.15) is 0 Å². The number of nitrogens with one attached hydrogen (secondary N) is 1. The van der Waals surface area contributed by atoms with Gasteiger partial charge < -0.3 is 10.2 Å². The molecule has 10 heteroatoms. The molecule has 0 radical (unpaired) electrons. The lowest BCUT2D eigenvalue weighted by molar-refractivity contribution is -0.139. The maximum Gasteiger partial charge on any atom is 0.264 e. The molecule has 0 aliphatic carbocycles. The number of nitrogens with zero attached hydrogens (tertiary/aromatic N) is 2. The monoisotopic (exact) mass is 589 g/mol. The highest BCUT2D eigenvalue weighted by Crippen LogP contribution is 2.30. The second-order valence-corrected chi connectivity index (χ2v) is 12.2. The summed E-state index contributed by atoms with van der Waals surface area (Å²) in [6, 6.07) is 19.0. The number of halogens is 2. The van der Waals surface area contributed by atoms with Gasteiger partial charge in [0.15, 0.2) is 0 Å². The van der Waals surface area contributed by atoms with Crippen LogP contribution in [-0.2, 0) is 26.2 Å². The molecular formula is C29H33Cl2N3O4S. The van der Waals surface area contributed by atoms with Crippen molar-refractivity contribution in [2.24, 2.45) is 0 Å². The van der Waals surface area contributed by atoms with E-state index in [0.717, 1.165) is 21.9 Å². The van der Waals surface area contributed by atoms with Crippen LogP contribution in [0.2, 0.25) is 10.0 Å². The molecule has 0 heterocycles. The zero-order chi connectivity index (χ0) is 28.7. The van der Waals surface area contributed by atoms with Gasteiger partial charge >= 0.3 is 0 Å². The summed E-state index contributed by atoms with van der Waals surface area (Å²) in [6.45, 7) is 6.86. The summed E-state index contributed by atoms with van der Waals surface area (Å²) in [7, 11) is -4.21. The molecule has 3 aromatic rings. The lowest BCUT2D eigenvalue weighted by Crippen LogP contribution is -2.52. The molecule has 0 spiro atoms. The molecule has 2 amide bonds. The minimum Gasteiger partial charge on any atom is -0.352 e. The zero-order valence-electron chi connectivity index (χ0n) is 22.4. The predicted molar refractivity (Wildman–Crippen MR) is 157 cm³/mol. The zero-order valence-corrected chi connectivity index (χ0v) is 24.7. The molecule has 0 unspecified atom stereocenters. The topological polar surface area (TPSA) is 86.8 Å². The number of anilines is 1. The van der Waals surface area contributed by atoms with Gasteiger partial charge in [-0.15, -0.1) is 0 Å². The molecule has 39 heavy (non-hydrogen) atoms. The Bertz CT molecular complexity index is 1380. The fourth-order valence-electron chi connectivity index (χ4n) is 3.88. The standard InChI is InChI=1S/C29H33Cl2N3O4S/c1-5-21(3)32-29(36)22(4)33(18-23-9-7-6-8-10-23)28(35)19-34(26-16-24(30)15-25(31)17-26)39(37,38)27-13-11-20(2)12-14-27/h6-17,21-22H,5,18-19H2,1-4H3,(H,32,36)/t21-,22-/m0/s1. The van der Waals surface area contributed by atoms with Gasteiger partial charge in [-0.3, -0.25) is 13.9 Å². The number of carbonyl (C=O) groups excluding carboxylic acids is 2. The van der Waals surface area contributed by atoms with Crippen LogP contribution in [0.5, 0.6) is 0 Å².